The van der Waals surface area contributed by atoms with Crippen molar-refractivity contribution in [3.8, 4) is 0 Å². The molecule has 2 unspecified atom stereocenters. The second-order valence-corrected chi connectivity index (χ2v) is 5.53. The van der Waals surface area contributed by atoms with Gasteiger partial charge in [-0.1, -0.05) is 6.42 Å². The molecule has 2 amide bonds. The topological polar surface area (TPSA) is 91.3 Å². The van der Waals surface area contributed by atoms with Gasteiger partial charge in [-0.15, -0.1) is 0 Å². The lowest BCUT2D eigenvalue weighted by atomic mass is 9.86. The number of urea groups is 1. The molecule has 0 aliphatic heterocycles. The largest absolute Gasteiger partial charge is 0.481 e. The quantitative estimate of drug-likeness (QED) is 0.789. The Hall–Kier alpha value is -2.11. The van der Waals surface area contributed by atoms with Crippen LogP contribution in [0.2, 0.25) is 0 Å². The highest BCUT2D eigenvalue weighted by Crippen LogP contribution is 2.24. The van der Waals surface area contributed by atoms with Crippen molar-refractivity contribution in [1.29, 1.82) is 0 Å². The van der Waals surface area contributed by atoms with Crippen LogP contribution >= 0.6 is 0 Å². The van der Waals surface area contributed by atoms with Crippen molar-refractivity contribution in [2.24, 2.45) is 5.92 Å². The molecule has 1 aromatic heterocycles. The van der Waals surface area contributed by atoms with E-state index >= 15 is 0 Å². The van der Waals surface area contributed by atoms with Gasteiger partial charge in [0.15, 0.2) is 0 Å². The number of pyridine rings is 1. The number of carboxylic acid groups (broad SMARTS) is 1. The summed E-state index contributed by atoms with van der Waals surface area (Å²) in [6, 6.07) is 1.57. The predicted octanol–water partition coefficient (Wildman–Crippen LogP) is 1.83. The maximum Gasteiger partial charge on any atom is 0.315 e. The molecule has 1 saturated carbocycles. The molecule has 1 fully saturated rings. The summed E-state index contributed by atoms with van der Waals surface area (Å²) in [6.45, 7) is 2.38. The Balaban J connectivity index is 1.79. The predicted molar refractivity (Wildman–Crippen MR) is 77.7 cm³/mol. The molecule has 6 nitrogen and oxygen atoms in total. The molecule has 21 heavy (non-hydrogen) atoms. The van der Waals surface area contributed by atoms with Crippen LogP contribution in [-0.4, -0.2) is 28.1 Å². The van der Waals surface area contributed by atoms with Crippen molar-refractivity contribution < 1.29 is 14.7 Å². The molecule has 0 aromatic carbocycles. The van der Waals surface area contributed by atoms with E-state index in [1.165, 1.54) is 0 Å². The number of hydrogen-bond acceptors (Lipinski definition) is 3. The van der Waals surface area contributed by atoms with E-state index in [1.54, 1.807) is 12.4 Å². The van der Waals surface area contributed by atoms with E-state index in [-0.39, 0.29) is 18.0 Å². The van der Waals surface area contributed by atoms with Crippen molar-refractivity contribution in [2.75, 3.05) is 0 Å². The summed E-state index contributed by atoms with van der Waals surface area (Å²) in [5.74, 6) is -1.11. The molecule has 0 saturated heterocycles. The Bertz CT molecular complexity index is 519. The van der Waals surface area contributed by atoms with Crippen molar-refractivity contribution in [3.05, 3.63) is 29.6 Å². The van der Waals surface area contributed by atoms with E-state index in [0.717, 1.165) is 24.0 Å². The monoisotopic (exact) mass is 291 g/mol. The molecule has 1 aromatic rings. The number of carbonyl (C=O) groups excluding carboxylic acids is 1. The first-order chi connectivity index (χ1) is 10.1. The van der Waals surface area contributed by atoms with Gasteiger partial charge in [-0.05, 0) is 43.4 Å². The number of aryl methyl sites for hydroxylation is 1. The Kier molecular flexibility index (Phi) is 5.14. The maximum absolute atomic E-state index is 11.9. The third-order valence-corrected chi connectivity index (χ3v) is 3.93. The zero-order valence-electron chi connectivity index (χ0n) is 12.1. The van der Waals surface area contributed by atoms with Crippen molar-refractivity contribution in [3.63, 3.8) is 0 Å². The summed E-state index contributed by atoms with van der Waals surface area (Å²) in [5, 5.41) is 14.7. The molecule has 2 atom stereocenters. The number of nitrogens with one attached hydrogen (secondary N) is 2. The van der Waals surface area contributed by atoms with E-state index in [2.05, 4.69) is 15.6 Å². The number of hydrogen-bond donors (Lipinski definition) is 3. The lowest BCUT2D eigenvalue weighted by molar-refractivity contribution is -0.143. The highest BCUT2D eigenvalue weighted by Gasteiger charge is 2.27. The zero-order valence-corrected chi connectivity index (χ0v) is 12.1. The van der Waals surface area contributed by atoms with E-state index in [4.69, 9.17) is 5.11 Å². The van der Waals surface area contributed by atoms with Crippen LogP contribution in [0.25, 0.3) is 0 Å². The number of aliphatic carboxylic acids is 1. The minimum atomic E-state index is -0.769. The molecule has 0 radical (unpaired) electrons. The maximum atomic E-state index is 11.9. The average molecular weight is 291 g/mol. The van der Waals surface area contributed by atoms with E-state index in [9.17, 15) is 9.59 Å². The SMILES string of the molecule is Cc1cnccc1CNC(=O)NC1CCCC(C(=O)O)C1. The molecule has 6 heteroatoms. The molecule has 114 valence electrons. The minimum absolute atomic E-state index is 0.0570. The third-order valence-electron chi connectivity index (χ3n) is 3.93. The van der Waals surface area contributed by atoms with Gasteiger partial charge in [0, 0.05) is 25.0 Å². The van der Waals surface area contributed by atoms with Gasteiger partial charge in [0.05, 0.1) is 5.92 Å². The van der Waals surface area contributed by atoms with Crippen LogP contribution < -0.4 is 10.6 Å². The van der Waals surface area contributed by atoms with E-state index in [1.807, 2.05) is 13.0 Å². The lowest BCUT2D eigenvalue weighted by Crippen LogP contribution is -2.44. The first-order valence-corrected chi connectivity index (χ1v) is 7.23. The normalized spacial score (nSPS) is 21.6. The first-order valence-electron chi connectivity index (χ1n) is 7.23. The molecule has 2 rings (SSSR count). The van der Waals surface area contributed by atoms with Crippen LogP contribution in [0.3, 0.4) is 0 Å². The van der Waals surface area contributed by atoms with Gasteiger partial charge in [-0.3, -0.25) is 9.78 Å². The number of carbonyl (C=O) groups is 2. The van der Waals surface area contributed by atoms with Crippen LogP contribution in [-0.2, 0) is 11.3 Å². The Morgan fingerprint density at radius 1 is 1.43 bits per heavy atom. The summed E-state index contributed by atoms with van der Waals surface area (Å²) in [5.41, 5.74) is 2.05. The van der Waals surface area contributed by atoms with Gasteiger partial charge < -0.3 is 15.7 Å². The van der Waals surface area contributed by atoms with Gasteiger partial charge in [0.1, 0.15) is 0 Å². The molecule has 1 aliphatic carbocycles. The Morgan fingerprint density at radius 3 is 2.95 bits per heavy atom. The average Bonchev–Trinajstić information content (AvgIpc) is 2.46. The molecule has 3 N–H and O–H groups in total. The summed E-state index contributed by atoms with van der Waals surface area (Å²) >= 11 is 0. The van der Waals surface area contributed by atoms with Crippen molar-refractivity contribution in [2.45, 2.75) is 45.2 Å². The summed E-state index contributed by atoms with van der Waals surface area (Å²) in [4.78, 5) is 26.9. The van der Waals surface area contributed by atoms with Gasteiger partial charge >= 0.3 is 12.0 Å². The van der Waals surface area contributed by atoms with E-state index in [0.29, 0.717) is 19.4 Å². The number of carboxylic acids is 1. The number of nitrogens with zero attached hydrogens (tertiary/aromatic N) is 1. The van der Waals surface area contributed by atoms with Crippen molar-refractivity contribution in [1.82, 2.24) is 15.6 Å². The molecule has 1 heterocycles. The van der Waals surface area contributed by atoms with Crippen LogP contribution in [0.15, 0.2) is 18.5 Å². The highest BCUT2D eigenvalue weighted by molar-refractivity contribution is 5.74. The molecule has 0 bridgehead atoms. The summed E-state index contributed by atoms with van der Waals surface area (Å²) in [7, 11) is 0. The summed E-state index contributed by atoms with van der Waals surface area (Å²) in [6.07, 6.45) is 6.34. The summed E-state index contributed by atoms with van der Waals surface area (Å²) < 4.78 is 0. The van der Waals surface area contributed by atoms with E-state index < -0.39 is 5.97 Å². The van der Waals surface area contributed by atoms with Crippen LogP contribution in [0.1, 0.15) is 36.8 Å². The zero-order chi connectivity index (χ0) is 15.2. The van der Waals surface area contributed by atoms with Crippen LogP contribution in [0, 0.1) is 12.8 Å². The number of aromatic nitrogens is 1. The Morgan fingerprint density at radius 2 is 2.24 bits per heavy atom. The molecule has 0 spiro atoms. The first kappa shape index (κ1) is 15.3. The molecular weight excluding hydrogens is 270 g/mol. The molecule has 1 aliphatic rings. The highest BCUT2D eigenvalue weighted by atomic mass is 16.4. The van der Waals surface area contributed by atoms with Gasteiger partial charge in [-0.2, -0.15) is 0 Å². The molecular formula is C15H21N3O3. The van der Waals surface area contributed by atoms with Gasteiger partial charge in [0.25, 0.3) is 0 Å². The minimum Gasteiger partial charge on any atom is -0.481 e. The van der Waals surface area contributed by atoms with Crippen molar-refractivity contribution >= 4 is 12.0 Å². The standard InChI is InChI=1S/C15H21N3O3/c1-10-8-16-6-5-12(10)9-17-15(21)18-13-4-2-3-11(7-13)14(19)20/h5-6,8,11,13H,2-4,7,9H2,1H3,(H,19,20)(H2,17,18,21). The smallest absolute Gasteiger partial charge is 0.315 e. The fourth-order valence-corrected chi connectivity index (χ4v) is 2.66. The fraction of sp³-hybridized carbons (Fsp3) is 0.533. The van der Waals surface area contributed by atoms with Gasteiger partial charge in [0.2, 0.25) is 0 Å². The fourth-order valence-electron chi connectivity index (χ4n) is 2.66. The van der Waals surface area contributed by atoms with Gasteiger partial charge in [-0.25, -0.2) is 4.79 Å². The Labute approximate surface area is 124 Å². The van der Waals surface area contributed by atoms with Crippen LogP contribution in [0.5, 0.6) is 0 Å². The van der Waals surface area contributed by atoms with Crippen LogP contribution in [0.4, 0.5) is 4.79 Å². The second-order valence-electron chi connectivity index (χ2n) is 5.53. The third kappa shape index (κ3) is 4.44. The number of rotatable bonds is 4. The number of amides is 2. The second kappa shape index (κ2) is 7.06. The lowest BCUT2D eigenvalue weighted by Gasteiger charge is -2.27.